The zero-order valence-electron chi connectivity index (χ0n) is 26.3. The van der Waals surface area contributed by atoms with Crippen LogP contribution in [0, 0.1) is 35.6 Å². The normalized spacial score (nSPS) is 14.8. The van der Waals surface area contributed by atoms with Crippen molar-refractivity contribution in [1.82, 2.24) is 0 Å². The molecule has 0 amide bonds. The van der Waals surface area contributed by atoms with Crippen molar-refractivity contribution >= 4 is 27.8 Å². The van der Waals surface area contributed by atoms with Crippen molar-refractivity contribution < 1.29 is 86.1 Å². The summed E-state index contributed by atoms with van der Waals surface area (Å²) in [6.45, 7) is 27.0. The van der Waals surface area contributed by atoms with Crippen LogP contribution in [-0.2, 0) is 26.5 Å². The minimum absolute atomic E-state index is 0. The first-order valence-electron chi connectivity index (χ1n) is 13.7. The minimum Gasteiger partial charge on any atom is -1.00 e. The third kappa shape index (κ3) is 19.1. The summed E-state index contributed by atoms with van der Waals surface area (Å²) >= 11 is 0. The molecule has 0 bridgehead atoms. The van der Waals surface area contributed by atoms with Gasteiger partial charge in [-0.2, -0.15) is 24.3 Å². The predicted octanol–water partition coefficient (Wildman–Crippen LogP) is 7.43. The van der Waals surface area contributed by atoms with Gasteiger partial charge in [0.15, 0.2) is 0 Å². The number of rotatable bonds is 4. The van der Waals surface area contributed by atoms with Crippen molar-refractivity contribution in [2.45, 2.75) is 103 Å². The van der Waals surface area contributed by atoms with Crippen molar-refractivity contribution in [3.63, 3.8) is 0 Å². The molecule has 0 radical (unpaired) electrons. The Morgan fingerprint density at radius 2 is 0.923 bits per heavy atom. The first-order valence-corrected chi connectivity index (χ1v) is 19.6. The Balaban J connectivity index is -0.000000466. The summed E-state index contributed by atoms with van der Waals surface area (Å²) in [5, 5.41) is 0.675. The van der Waals surface area contributed by atoms with E-state index in [2.05, 4.69) is 92.0 Å². The van der Waals surface area contributed by atoms with Crippen LogP contribution in [0.3, 0.4) is 0 Å². The Morgan fingerprint density at radius 1 is 0.641 bits per heavy atom. The molecular weight excluding hydrogens is 798 g/mol. The van der Waals surface area contributed by atoms with E-state index in [1.165, 1.54) is 25.7 Å². The molecule has 9 heteroatoms. The smallest absolute Gasteiger partial charge is 1.00 e. The molecule has 2 heterocycles. The molecule has 0 atom stereocenters. The van der Waals surface area contributed by atoms with Gasteiger partial charge in [0.1, 0.15) is 0 Å². The maximum absolute atomic E-state index is 4.94. The zero-order chi connectivity index (χ0) is 27.3. The fraction of sp³-hybridized carbons (Fsp3) is 0.667. The average molecular weight is 853 g/mol. The van der Waals surface area contributed by atoms with Crippen LogP contribution in [-0.4, -0.2) is 42.9 Å². The molecule has 0 spiro atoms. The standard InChI is InChI=1S/2C11H19NSi.2C4H8O.Fe.HI.La/c2*1-11(2,3)13(4,5)12-10-8-6-7-9-10;2*1-2-4-5-3-1;;;/h2*6-9H,1-5H3;2*1-4H2;;1H;/q2*-2;;;+2;;+3/p-1. The Hall–Kier alpha value is 1.10. The number of ether oxygens (including phenoxy) is 2. The molecule has 222 valence electrons. The fourth-order valence-corrected chi connectivity index (χ4v) is 5.14. The van der Waals surface area contributed by atoms with Crippen LogP contribution in [0.15, 0.2) is 48.5 Å². The molecule has 2 saturated heterocycles. The van der Waals surface area contributed by atoms with Gasteiger partial charge in [-0.1, -0.05) is 77.8 Å². The van der Waals surface area contributed by atoms with Crippen molar-refractivity contribution in [3.8, 4) is 0 Å². The first-order chi connectivity index (χ1) is 16.7. The Kier molecular flexibility index (Phi) is 24.8. The topological polar surface area (TPSA) is 46.7 Å². The van der Waals surface area contributed by atoms with Gasteiger partial charge in [0.05, 0.1) is 0 Å². The minimum atomic E-state index is -1.48. The summed E-state index contributed by atoms with van der Waals surface area (Å²) in [4.78, 5) is 9.72. The van der Waals surface area contributed by atoms with Gasteiger partial charge < -0.3 is 43.4 Å². The van der Waals surface area contributed by atoms with Gasteiger partial charge in [0.25, 0.3) is 0 Å². The van der Waals surface area contributed by atoms with Gasteiger partial charge in [-0.3, -0.25) is 11.4 Å². The van der Waals surface area contributed by atoms with E-state index in [1.54, 1.807) is 0 Å². The first kappa shape index (κ1) is 44.5. The van der Waals surface area contributed by atoms with Crippen molar-refractivity contribution in [2.24, 2.45) is 0 Å². The van der Waals surface area contributed by atoms with Gasteiger partial charge in [0.2, 0.25) is 0 Å². The summed E-state index contributed by atoms with van der Waals surface area (Å²) in [6, 6.07) is 16.5. The van der Waals surface area contributed by atoms with E-state index in [0.717, 1.165) is 37.8 Å². The van der Waals surface area contributed by atoms with Crippen LogP contribution in [0.2, 0.25) is 36.3 Å². The van der Waals surface area contributed by atoms with Crippen LogP contribution in [0.5, 0.6) is 0 Å². The van der Waals surface area contributed by atoms with E-state index in [0.29, 0.717) is 10.1 Å². The van der Waals surface area contributed by atoms with Crippen LogP contribution in [0.25, 0.3) is 9.96 Å². The summed E-state index contributed by atoms with van der Waals surface area (Å²) in [7, 11) is -2.97. The van der Waals surface area contributed by atoms with E-state index in [4.69, 9.17) is 19.4 Å². The maximum atomic E-state index is 4.94. The van der Waals surface area contributed by atoms with E-state index in [1.807, 2.05) is 24.3 Å². The number of halogens is 1. The predicted molar refractivity (Wildman–Crippen MR) is 165 cm³/mol. The average Bonchev–Trinajstić information content (AvgIpc) is 3.58. The number of hydrogen-bond donors (Lipinski definition) is 0. The van der Waals surface area contributed by atoms with E-state index in [9.17, 15) is 0 Å². The molecule has 2 fully saturated rings. The summed E-state index contributed by atoms with van der Waals surface area (Å²) in [6.07, 6.45) is 5.11. The molecule has 0 aromatic heterocycles. The number of hydrogen-bond acceptors (Lipinski definition) is 2. The molecule has 2 aromatic carbocycles. The quantitative estimate of drug-likeness (QED) is 0.183. The summed E-state index contributed by atoms with van der Waals surface area (Å²) in [5.41, 5.74) is 2.29. The van der Waals surface area contributed by atoms with Crippen LogP contribution in [0.1, 0.15) is 67.2 Å². The Morgan fingerprint density at radius 3 is 1.08 bits per heavy atom. The molecule has 0 saturated carbocycles. The van der Waals surface area contributed by atoms with Gasteiger partial charge >= 0.3 is 52.7 Å². The molecule has 0 unspecified atom stereocenters. The molecule has 2 aliphatic heterocycles. The molecule has 4 rings (SSSR count). The molecule has 4 nitrogen and oxygen atoms in total. The monoisotopic (exact) mass is 852 g/mol. The fourth-order valence-electron chi connectivity index (χ4n) is 2.88. The second-order valence-electron chi connectivity index (χ2n) is 12.8. The Bertz CT molecular complexity index is 715. The third-order valence-electron chi connectivity index (χ3n) is 7.43. The Labute approximate surface area is 299 Å². The molecule has 2 aliphatic rings. The van der Waals surface area contributed by atoms with E-state index < -0.39 is 16.5 Å². The van der Waals surface area contributed by atoms with E-state index in [-0.39, 0.29) is 76.6 Å². The van der Waals surface area contributed by atoms with Crippen molar-refractivity contribution in [2.75, 3.05) is 26.4 Å². The summed E-state index contributed by atoms with van der Waals surface area (Å²) in [5.74, 6) is 0. The second-order valence-corrected chi connectivity index (χ2v) is 22.5. The summed E-state index contributed by atoms with van der Waals surface area (Å²) < 4.78 is 9.89. The molecule has 2 aromatic rings. The van der Waals surface area contributed by atoms with Crippen molar-refractivity contribution in [1.29, 1.82) is 0 Å². The maximum Gasteiger partial charge on any atom is 3.00 e. The molecular formula is C30H54FeILaN2O2Si2. The molecule has 0 aliphatic carbocycles. The SMILES string of the molecule is C1CCOC1.C1CCOC1.CC(C)(C)[Si](C)(C)[N-]c1ccc[cH-]1.CC(C)(C)[Si](C)(C)[N-]c1ccc[cH-]1.[Fe+2].[I-].[La+3]. The third-order valence-corrected chi connectivity index (χ3v) is 16.4. The van der Waals surface area contributed by atoms with Crippen LogP contribution in [0.4, 0.5) is 11.4 Å². The second kappa shape index (κ2) is 21.7. The van der Waals surface area contributed by atoms with Gasteiger partial charge in [-0.05, 0) is 42.2 Å². The van der Waals surface area contributed by atoms with Crippen molar-refractivity contribution in [3.05, 3.63) is 58.5 Å². The van der Waals surface area contributed by atoms with Crippen LogP contribution < -0.4 is 24.0 Å². The zero-order valence-corrected chi connectivity index (χ0v) is 35.2. The largest absolute Gasteiger partial charge is 3.00 e. The van der Waals surface area contributed by atoms with Gasteiger partial charge in [-0.25, -0.2) is 24.3 Å². The van der Waals surface area contributed by atoms with Gasteiger partial charge in [0, 0.05) is 26.4 Å². The van der Waals surface area contributed by atoms with Gasteiger partial charge in [-0.15, -0.1) is 0 Å². The molecule has 39 heavy (non-hydrogen) atoms. The van der Waals surface area contributed by atoms with E-state index >= 15 is 0 Å². The number of nitrogens with zero attached hydrogens (tertiary/aromatic N) is 2. The van der Waals surface area contributed by atoms with Crippen LogP contribution >= 0.6 is 0 Å². The molecule has 0 N–H and O–H groups in total.